The topological polar surface area (TPSA) is 34.1 Å². The molecule has 1 aromatic carbocycles. The highest BCUT2D eigenvalue weighted by Gasteiger charge is 2.01. The summed E-state index contributed by atoms with van der Waals surface area (Å²) in [6.07, 6.45) is 3.83. The zero-order valence-corrected chi connectivity index (χ0v) is 12.5. The normalized spacial score (nSPS) is 10.5. The lowest BCUT2D eigenvalue weighted by atomic mass is 10.2. The Bertz CT molecular complexity index is 542. The zero-order chi connectivity index (χ0) is 13.7. The number of thiazole rings is 1. The van der Waals surface area contributed by atoms with Gasteiger partial charge >= 0.3 is 0 Å². The number of rotatable bonds is 6. The molecule has 2 rings (SSSR count). The molecule has 0 bridgehead atoms. The Kier molecular flexibility index (Phi) is 5.05. The second-order valence-electron chi connectivity index (χ2n) is 4.02. The van der Waals surface area contributed by atoms with Crippen LogP contribution in [0.1, 0.15) is 17.4 Å². The van der Waals surface area contributed by atoms with Crippen molar-refractivity contribution in [3.63, 3.8) is 0 Å². The van der Waals surface area contributed by atoms with Crippen LogP contribution < -0.4 is 10.1 Å². The summed E-state index contributed by atoms with van der Waals surface area (Å²) in [6, 6.07) is 5.72. The van der Waals surface area contributed by atoms with Gasteiger partial charge in [0, 0.05) is 16.1 Å². The van der Waals surface area contributed by atoms with E-state index in [1.807, 2.05) is 44.7 Å². The fraction of sp³-hybridized carbons (Fsp3) is 0.286. The number of benzene rings is 1. The molecule has 0 saturated heterocycles. The van der Waals surface area contributed by atoms with Crippen molar-refractivity contribution in [3.8, 4) is 5.75 Å². The standard InChI is InChI=1S/C14H16ClN2OS/c1-3-11-4-5-12(8-13(11)15)18-7-6-16-14-17-9-10(2)19-14/h3-5,8-9H,6-7H2,1-2H3,(H,16,17). The maximum absolute atomic E-state index is 6.11. The number of hydrogen-bond acceptors (Lipinski definition) is 4. The minimum atomic E-state index is 0.574. The fourth-order valence-corrected chi connectivity index (χ4v) is 2.56. The van der Waals surface area contributed by atoms with Crippen LogP contribution in [0.3, 0.4) is 0 Å². The molecular weight excluding hydrogens is 280 g/mol. The van der Waals surface area contributed by atoms with Gasteiger partial charge in [-0.3, -0.25) is 0 Å². The minimum absolute atomic E-state index is 0.574. The average molecular weight is 296 g/mol. The van der Waals surface area contributed by atoms with E-state index in [2.05, 4.69) is 10.3 Å². The largest absolute Gasteiger partial charge is 0.492 e. The molecule has 0 aliphatic carbocycles. The van der Waals surface area contributed by atoms with E-state index < -0.39 is 0 Å². The van der Waals surface area contributed by atoms with E-state index in [0.717, 1.165) is 16.4 Å². The van der Waals surface area contributed by atoms with Gasteiger partial charge < -0.3 is 10.1 Å². The lowest BCUT2D eigenvalue weighted by Crippen LogP contribution is -2.11. The summed E-state index contributed by atoms with van der Waals surface area (Å²) in [7, 11) is 0. The van der Waals surface area contributed by atoms with Crippen LogP contribution in [0.5, 0.6) is 5.75 Å². The molecule has 3 nitrogen and oxygen atoms in total. The molecule has 0 aliphatic rings. The lowest BCUT2D eigenvalue weighted by molar-refractivity contribution is 0.333. The predicted octanol–water partition coefficient (Wildman–Crippen LogP) is 4.17. The van der Waals surface area contributed by atoms with Gasteiger partial charge in [0.05, 0.1) is 6.54 Å². The predicted molar refractivity (Wildman–Crippen MR) is 81.4 cm³/mol. The Morgan fingerprint density at radius 3 is 2.95 bits per heavy atom. The molecule has 1 N–H and O–H groups in total. The number of aryl methyl sites for hydroxylation is 1. The molecule has 1 aromatic heterocycles. The van der Waals surface area contributed by atoms with Gasteiger partial charge in [-0.05, 0) is 31.0 Å². The smallest absolute Gasteiger partial charge is 0.182 e. The summed E-state index contributed by atoms with van der Waals surface area (Å²) >= 11 is 7.74. The van der Waals surface area contributed by atoms with E-state index in [4.69, 9.17) is 16.3 Å². The highest BCUT2D eigenvalue weighted by molar-refractivity contribution is 7.15. The molecule has 0 aliphatic heterocycles. The summed E-state index contributed by atoms with van der Waals surface area (Å²) in [4.78, 5) is 5.42. The van der Waals surface area contributed by atoms with Gasteiger partial charge in [0.1, 0.15) is 12.4 Å². The van der Waals surface area contributed by atoms with Gasteiger partial charge in [0.2, 0.25) is 0 Å². The molecule has 0 fully saturated rings. The van der Waals surface area contributed by atoms with Crippen molar-refractivity contribution in [3.05, 3.63) is 46.3 Å². The molecule has 0 atom stereocenters. The molecule has 5 heteroatoms. The van der Waals surface area contributed by atoms with Crippen LogP contribution >= 0.6 is 22.9 Å². The number of nitrogens with zero attached hydrogens (tertiary/aromatic N) is 1. The van der Waals surface area contributed by atoms with E-state index in [0.29, 0.717) is 18.2 Å². The first-order valence-electron chi connectivity index (χ1n) is 6.07. The van der Waals surface area contributed by atoms with E-state index in [-0.39, 0.29) is 0 Å². The van der Waals surface area contributed by atoms with Crippen molar-refractivity contribution in [1.82, 2.24) is 4.98 Å². The fourth-order valence-electron chi connectivity index (χ4n) is 1.60. The van der Waals surface area contributed by atoms with Gasteiger partial charge in [-0.2, -0.15) is 0 Å². The van der Waals surface area contributed by atoms with Crippen molar-refractivity contribution in [2.45, 2.75) is 13.8 Å². The second kappa shape index (κ2) is 6.78. The molecule has 0 amide bonds. The van der Waals surface area contributed by atoms with Crippen molar-refractivity contribution in [2.24, 2.45) is 0 Å². The first-order chi connectivity index (χ1) is 9.19. The molecule has 2 aromatic rings. The van der Waals surface area contributed by atoms with E-state index in [1.54, 1.807) is 11.3 Å². The number of ether oxygens (including phenoxy) is 1. The van der Waals surface area contributed by atoms with Crippen LogP contribution in [0.4, 0.5) is 5.13 Å². The average Bonchev–Trinajstić information content (AvgIpc) is 2.81. The van der Waals surface area contributed by atoms with Crippen molar-refractivity contribution >= 4 is 28.1 Å². The second-order valence-corrected chi connectivity index (χ2v) is 5.67. The van der Waals surface area contributed by atoms with Crippen LogP contribution in [0.15, 0.2) is 24.4 Å². The maximum atomic E-state index is 6.11. The quantitative estimate of drug-likeness (QED) is 0.812. The Labute approximate surface area is 122 Å². The van der Waals surface area contributed by atoms with Crippen molar-refractivity contribution in [2.75, 3.05) is 18.5 Å². The summed E-state index contributed by atoms with van der Waals surface area (Å²) in [5.41, 5.74) is 1.02. The Balaban J connectivity index is 1.78. The van der Waals surface area contributed by atoms with Gasteiger partial charge in [-0.15, -0.1) is 11.3 Å². The van der Waals surface area contributed by atoms with E-state index >= 15 is 0 Å². The summed E-state index contributed by atoms with van der Waals surface area (Å²) in [5, 5.41) is 4.85. The van der Waals surface area contributed by atoms with Gasteiger partial charge in [-0.25, -0.2) is 4.98 Å². The van der Waals surface area contributed by atoms with Gasteiger partial charge in [0.15, 0.2) is 5.13 Å². The van der Waals surface area contributed by atoms with Gasteiger partial charge in [-0.1, -0.05) is 24.6 Å². The van der Waals surface area contributed by atoms with Crippen molar-refractivity contribution < 1.29 is 4.74 Å². The highest BCUT2D eigenvalue weighted by atomic mass is 35.5. The Morgan fingerprint density at radius 2 is 2.32 bits per heavy atom. The van der Waals surface area contributed by atoms with E-state index in [9.17, 15) is 0 Å². The minimum Gasteiger partial charge on any atom is -0.492 e. The molecule has 0 unspecified atom stereocenters. The number of aromatic nitrogens is 1. The van der Waals surface area contributed by atoms with E-state index in [1.165, 1.54) is 4.88 Å². The molecule has 1 radical (unpaired) electrons. The van der Waals surface area contributed by atoms with Crippen LogP contribution in [0.2, 0.25) is 5.02 Å². The third-order valence-corrected chi connectivity index (χ3v) is 3.75. The summed E-state index contributed by atoms with van der Waals surface area (Å²) in [5.74, 6) is 0.785. The first-order valence-corrected chi connectivity index (χ1v) is 7.26. The molecule has 19 heavy (non-hydrogen) atoms. The number of anilines is 1. The molecule has 0 saturated carbocycles. The summed E-state index contributed by atoms with van der Waals surface area (Å²) in [6.45, 7) is 5.28. The maximum Gasteiger partial charge on any atom is 0.182 e. The van der Waals surface area contributed by atoms with Gasteiger partial charge in [0.25, 0.3) is 0 Å². The van der Waals surface area contributed by atoms with Crippen molar-refractivity contribution in [1.29, 1.82) is 0 Å². The molecule has 101 valence electrons. The third-order valence-electron chi connectivity index (χ3n) is 2.55. The van der Waals surface area contributed by atoms with Crippen LogP contribution in [-0.4, -0.2) is 18.1 Å². The highest BCUT2D eigenvalue weighted by Crippen LogP contribution is 2.23. The number of nitrogens with one attached hydrogen (secondary N) is 1. The SMILES string of the molecule is C[CH]c1ccc(OCCNc2ncc(C)s2)cc1Cl. The van der Waals surface area contributed by atoms with Crippen LogP contribution in [0.25, 0.3) is 0 Å². The first kappa shape index (κ1) is 14.2. The van der Waals surface area contributed by atoms with Crippen LogP contribution in [0, 0.1) is 13.3 Å². The third kappa shape index (κ3) is 4.11. The zero-order valence-electron chi connectivity index (χ0n) is 10.9. The summed E-state index contributed by atoms with van der Waals surface area (Å²) < 4.78 is 5.63. The van der Waals surface area contributed by atoms with Crippen LogP contribution in [-0.2, 0) is 0 Å². The molecular formula is C14H16ClN2OS. The molecule has 0 spiro atoms. The molecule has 1 heterocycles. The monoisotopic (exact) mass is 295 g/mol. The Morgan fingerprint density at radius 1 is 1.47 bits per heavy atom. The Hall–Kier alpha value is -1.26. The number of halogens is 1. The number of hydrogen-bond donors (Lipinski definition) is 1. The lowest BCUT2D eigenvalue weighted by Gasteiger charge is -2.08.